The molecule has 126 valence electrons. The Morgan fingerprint density at radius 2 is 1.58 bits per heavy atom. The first-order chi connectivity index (χ1) is 11.7. The molecule has 0 saturated carbocycles. The van der Waals surface area contributed by atoms with Crippen molar-refractivity contribution >= 4 is 16.9 Å². The van der Waals surface area contributed by atoms with Gasteiger partial charge in [0.05, 0.1) is 27.2 Å². The maximum Gasteiger partial charge on any atom is 0.197 e. The standard InChI is InChI=1S/C19H20O4S/c1-21-13-9-15(22-2)18(16(10-13)23-3)14-11-17(24-19(14)20)12-7-5-4-6-8-12/h4-10,14,17H,11H2,1-3H3/t14-,17+/m0/s1. The number of ether oxygens (including phenoxy) is 3. The van der Waals surface area contributed by atoms with Crippen LogP contribution in [0.1, 0.15) is 28.7 Å². The van der Waals surface area contributed by atoms with Crippen molar-refractivity contribution in [1.82, 2.24) is 0 Å². The van der Waals surface area contributed by atoms with Crippen molar-refractivity contribution in [3.05, 3.63) is 53.6 Å². The summed E-state index contributed by atoms with van der Waals surface area (Å²) in [5.74, 6) is 1.64. The molecule has 2 aromatic carbocycles. The highest BCUT2D eigenvalue weighted by molar-refractivity contribution is 8.14. The van der Waals surface area contributed by atoms with Gasteiger partial charge in [0, 0.05) is 22.9 Å². The molecule has 0 unspecified atom stereocenters. The first kappa shape index (κ1) is 16.7. The summed E-state index contributed by atoms with van der Waals surface area (Å²) in [6.07, 6.45) is 0.729. The van der Waals surface area contributed by atoms with Gasteiger partial charge in [-0.1, -0.05) is 42.1 Å². The van der Waals surface area contributed by atoms with Gasteiger partial charge >= 0.3 is 0 Å². The lowest BCUT2D eigenvalue weighted by Gasteiger charge is -2.18. The summed E-state index contributed by atoms with van der Waals surface area (Å²) in [5, 5.41) is 0.297. The Bertz CT molecular complexity index is 704. The van der Waals surface area contributed by atoms with E-state index in [1.807, 2.05) is 18.2 Å². The van der Waals surface area contributed by atoms with Gasteiger partial charge in [0.15, 0.2) is 5.12 Å². The monoisotopic (exact) mass is 344 g/mol. The maximum atomic E-state index is 12.7. The highest BCUT2D eigenvalue weighted by Gasteiger charge is 2.38. The zero-order chi connectivity index (χ0) is 17.1. The molecule has 2 atom stereocenters. The van der Waals surface area contributed by atoms with Gasteiger partial charge in [-0.2, -0.15) is 0 Å². The van der Waals surface area contributed by atoms with Gasteiger partial charge < -0.3 is 14.2 Å². The molecule has 2 aromatic rings. The van der Waals surface area contributed by atoms with E-state index >= 15 is 0 Å². The van der Waals surface area contributed by atoms with Gasteiger partial charge in [-0.25, -0.2) is 0 Å². The number of hydrogen-bond donors (Lipinski definition) is 0. The van der Waals surface area contributed by atoms with Crippen molar-refractivity contribution in [1.29, 1.82) is 0 Å². The van der Waals surface area contributed by atoms with Crippen molar-refractivity contribution in [2.24, 2.45) is 0 Å². The van der Waals surface area contributed by atoms with E-state index in [2.05, 4.69) is 12.1 Å². The predicted octanol–water partition coefficient (Wildman–Crippen LogP) is 4.20. The third-order valence-electron chi connectivity index (χ3n) is 4.27. The lowest BCUT2D eigenvalue weighted by molar-refractivity contribution is -0.111. The molecule has 1 saturated heterocycles. The van der Waals surface area contributed by atoms with Crippen LogP contribution in [0.25, 0.3) is 0 Å². The van der Waals surface area contributed by atoms with Crippen molar-refractivity contribution in [3.8, 4) is 17.2 Å². The van der Waals surface area contributed by atoms with Crippen LogP contribution in [0.15, 0.2) is 42.5 Å². The highest BCUT2D eigenvalue weighted by Crippen LogP contribution is 2.52. The summed E-state index contributed by atoms with van der Waals surface area (Å²) >= 11 is 1.39. The molecule has 3 rings (SSSR count). The summed E-state index contributed by atoms with van der Waals surface area (Å²) in [7, 11) is 4.79. The third-order valence-corrected chi connectivity index (χ3v) is 5.53. The van der Waals surface area contributed by atoms with Crippen molar-refractivity contribution in [2.75, 3.05) is 21.3 Å². The topological polar surface area (TPSA) is 44.8 Å². The minimum Gasteiger partial charge on any atom is -0.496 e. The minimum atomic E-state index is -0.254. The van der Waals surface area contributed by atoms with Gasteiger partial charge in [-0.05, 0) is 12.0 Å². The molecule has 0 N–H and O–H groups in total. The fourth-order valence-electron chi connectivity index (χ4n) is 3.06. The second-order valence-corrected chi connectivity index (χ2v) is 6.78. The highest BCUT2D eigenvalue weighted by atomic mass is 32.2. The van der Waals surface area contributed by atoms with Crippen LogP contribution in [0.3, 0.4) is 0 Å². The molecule has 0 radical (unpaired) electrons. The van der Waals surface area contributed by atoms with Crippen molar-refractivity contribution < 1.29 is 19.0 Å². The normalized spacial score (nSPS) is 20.0. The van der Waals surface area contributed by atoms with Gasteiger partial charge in [-0.3, -0.25) is 4.79 Å². The Hall–Kier alpha value is -2.14. The molecule has 0 spiro atoms. The second kappa shape index (κ2) is 7.18. The van der Waals surface area contributed by atoms with E-state index in [9.17, 15) is 4.79 Å². The van der Waals surface area contributed by atoms with E-state index in [-0.39, 0.29) is 16.3 Å². The van der Waals surface area contributed by atoms with Crippen LogP contribution in [-0.4, -0.2) is 26.4 Å². The molecule has 5 heteroatoms. The largest absolute Gasteiger partial charge is 0.496 e. The van der Waals surface area contributed by atoms with Crippen LogP contribution in [0.4, 0.5) is 0 Å². The third kappa shape index (κ3) is 3.08. The van der Waals surface area contributed by atoms with Crippen LogP contribution < -0.4 is 14.2 Å². The summed E-state index contributed by atoms with van der Waals surface area (Å²) < 4.78 is 16.3. The summed E-state index contributed by atoms with van der Waals surface area (Å²) in [6, 6.07) is 13.7. The number of benzene rings is 2. The number of carbonyl (C=O) groups excluding carboxylic acids is 1. The maximum absolute atomic E-state index is 12.7. The average molecular weight is 344 g/mol. The van der Waals surface area contributed by atoms with Gasteiger partial charge in [0.1, 0.15) is 17.2 Å². The SMILES string of the molecule is COc1cc(OC)c([C@@H]2C[C@H](c3ccccc3)SC2=O)c(OC)c1. The van der Waals surface area contributed by atoms with Crippen molar-refractivity contribution in [2.45, 2.75) is 17.6 Å². The molecule has 1 fully saturated rings. The van der Waals surface area contributed by atoms with E-state index < -0.39 is 0 Å². The Kier molecular flexibility index (Phi) is 5.00. The molecule has 24 heavy (non-hydrogen) atoms. The molecule has 0 aliphatic carbocycles. The fourth-order valence-corrected chi connectivity index (χ4v) is 4.30. The fraction of sp³-hybridized carbons (Fsp3) is 0.316. The molecule has 0 aromatic heterocycles. The Balaban J connectivity index is 1.98. The first-order valence-electron chi connectivity index (χ1n) is 7.73. The van der Waals surface area contributed by atoms with E-state index in [4.69, 9.17) is 14.2 Å². The number of rotatable bonds is 5. The summed E-state index contributed by atoms with van der Waals surface area (Å²) in [6.45, 7) is 0. The zero-order valence-corrected chi connectivity index (χ0v) is 14.8. The zero-order valence-electron chi connectivity index (χ0n) is 13.9. The minimum absolute atomic E-state index is 0.144. The molecule has 4 nitrogen and oxygen atoms in total. The first-order valence-corrected chi connectivity index (χ1v) is 8.61. The summed E-state index contributed by atoms with van der Waals surface area (Å²) in [4.78, 5) is 12.7. The van der Waals surface area contributed by atoms with Crippen LogP contribution in [0.5, 0.6) is 17.2 Å². The number of thioether (sulfide) groups is 1. The van der Waals surface area contributed by atoms with Crippen LogP contribution in [-0.2, 0) is 4.79 Å². The van der Waals surface area contributed by atoms with Crippen molar-refractivity contribution in [3.63, 3.8) is 0 Å². The molecule has 0 amide bonds. The Morgan fingerprint density at radius 1 is 0.958 bits per heavy atom. The quantitative estimate of drug-likeness (QED) is 0.813. The summed E-state index contributed by atoms with van der Waals surface area (Å²) in [5.41, 5.74) is 1.97. The van der Waals surface area contributed by atoms with Crippen LogP contribution in [0, 0.1) is 0 Å². The van der Waals surface area contributed by atoms with Gasteiger partial charge in [0.25, 0.3) is 0 Å². The molecule has 1 aliphatic heterocycles. The van der Waals surface area contributed by atoms with E-state index in [1.165, 1.54) is 17.3 Å². The van der Waals surface area contributed by atoms with Gasteiger partial charge in [-0.15, -0.1) is 0 Å². The van der Waals surface area contributed by atoms with Gasteiger partial charge in [0.2, 0.25) is 0 Å². The Morgan fingerprint density at radius 3 is 2.12 bits per heavy atom. The molecule has 0 bridgehead atoms. The molecule has 1 heterocycles. The lowest BCUT2D eigenvalue weighted by Crippen LogP contribution is -2.07. The lowest BCUT2D eigenvalue weighted by atomic mass is 9.92. The molecular weight excluding hydrogens is 324 g/mol. The van der Waals surface area contributed by atoms with E-state index in [0.717, 1.165) is 12.0 Å². The number of methoxy groups -OCH3 is 3. The smallest absolute Gasteiger partial charge is 0.197 e. The van der Waals surface area contributed by atoms with Crippen LogP contribution >= 0.6 is 11.8 Å². The molecule has 1 aliphatic rings. The molecular formula is C19H20O4S. The predicted molar refractivity (Wildman–Crippen MR) is 95.2 cm³/mol. The number of hydrogen-bond acceptors (Lipinski definition) is 5. The number of carbonyl (C=O) groups is 1. The Labute approximate surface area is 146 Å². The van der Waals surface area contributed by atoms with E-state index in [1.54, 1.807) is 33.5 Å². The van der Waals surface area contributed by atoms with E-state index in [0.29, 0.717) is 17.2 Å². The second-order valence-electron chi connectivity index (χ2n) is 5.57. The average Bonchev–Trinajstić information content (AvgIpc) is 3.02. The van der Waals surface area contributed by atoms with Crippen LogP contribution in [0.2, 0.25) is 0 Å².